The molecule has 4 rings (SSSR count). The van der Waals surface area contributed by atoms with Crippen molar-refractivity contribution in [3.05, 3.63) is 59.2 Å². The highest BCUT2D eigenvalue weighted by atomic mass is 16.5. The molecular formula is C21H18N2O5. The maximum Gasteiger partial charge on any atom is 0.339 e. The molecule has 2 aliphatic rings. The molecule has 1 aliphatic carbocycles. The Morgan fingerprint density at radius 1 is 0.964 bits per heavy atom. The van der Waals surface area contributed by atoms with Gasteiger partial charge in [0.25, 0.3) is 0 Å². The number of urea groups is 1. The Morgan fingerprint density at radius 3 is 2.39 bits per heavy atom. The topological polar surface area (TPSA) is 84.0 Å². The fourth-order valence-corrected chi connectivity index (χ4v) is 3.58. The number of fused-ring (bicyclic) bond motifs is 1. The minimum Gasteiger partial charge on any atom is -0.497 e. The second-order valence-corrected chi connectivity index (χ2v) is 6.77. The number of aryl methyl sites for hydroxylation is 2. The van der Waals surface area contributed by atoms with E-state index in [0.717, 1.165) is 29.7 Å². The van der Waals surface area contributed by atoms with Gasteiger partial charge in [0.15, 0.2) is 5.78 Å². The molecule has 0 spiro atoms. The summed E-state index contributed by atoms with van der Waals surface area (Å²) in [7, 11) is 1.50. The Labute approximate surface area is 161 Å². The van der Waals surface area contributed by atoms with E-state index in [9.17, 15) is 19.2 Å². The van der Waals surface area contributed by atoms with Gasteiger partial charge in [-0.25, -0.2) is 14.6 Å². The number of carbonyl (C=O) groups excluding carboxylic acids is 4. The predicted octanol–water partition coefficient (Wildman–Crippen LogP) is 2.36. The van der Waals surface area contributed by atoms with Crippen LogP contribution in [-0.4, -0.2) is 42.2 Å². The highest BCUT2D eigenvalue weighted by Crippen LogP contribution is 2.26. The van der Waals surface area contributed by atoms with Gasteiger partial charge in [0.05, 0.1) is 19.3 Å². The molecule has 7 nitrogen and oxygen atoms in total. The molecule has 1 aliphatic heterocycles. The van der Waals surface area contributed by atoms with Crippen molar-refractivity contribution < 1.29 is 23.9 Å². The van der Waals surface area contributed by atoms with E-state index in [1.54, 1.807) is 18.2 Å². The Kier molecular flexibility index (Phi) is 4.43. The van der Waals surface area contributed by atoms with Crippen LogP contribution in [0.15, 0.2) is 42.5 Å². The summed E-state index contributed by atoms with van der Waals surface area (Å²) < 4.78 is 5.05. The Bertz CT molecular complexity index is 996. The summed E-state index contributed by atoms with van der Waals surface area (Å²) in [5.41, 5.74) is 3.04. The van der Waals surface area contributed by atoms with E-state index in [0.29, 0.717) is 16.2 Å². The molecule has 0 atom stereocenters. The number of hydrogen-bond acceptors (Lipinski definition) is 5. The maximum absolute atomic E-state index is 12.7. The highest BCUT2D eigenvalue weighted by Gasteiger charge is 2.46. The van der Waals surface area contributed by atoms with Gasteiger partial charge in [0, 0.05) is 5.56 Å². The molecule has 0 bridgehead atoms. The van der Waals surface area contributed by atoms with Crippen molar-refractivity contribution in [3.63, 3.8) is 0 Å². The van der Waals surface area contributed by atoms with Crippen molar-refractivity contribution in [2.45, 2.75) is 19.3 Å². The van der Waals surface area contributed by atoms with Crippen molar-refractivity contribution >= 4 is 29.3 Å². The molecule has 0 radical (unpaired) electrons. The molecule has 28 heavy (non-hydrogen) atoms. The molecule has 2 aromatic carbocycles. The third-order valence-corrected chi connectivity index (χ3v) is 5.11. The number of amides is 4. The van der Waals surface area contributed by atoms with Gasteiger partial charge in [-0.2, -0.15) is 0 Å². The molecule has 1 heterocycles. The zero-order valence-electron chi connectivity index (χ0n) is 15.3. The number of carbonyl (C=O) groups is 4. The number of Topliss-reactive ketones (excluding diaryl/α,β-unsaturated/α-hetero) is 1. The maximum atomic E-state index is 12.7. The van der Waals surface area contributed by atoms with Crippen molar-refractivity contribution in [1.82, 2.24) is 4.90 Å². The van der Waals surface area contributed by atoms with Gasteiger partial charge in [-0.05, 0) is 60.7 Å². The van der Waals surface area contributed by atoms with Crippen LogP contribution in [0.3, 0.4) is 0 Å². The number of rotatable bonds is 5. The summed E-state index contributed by atoms with van der Waals surface area (Å²) in [6, 6.07) is 10.8. The second kappa shape index (κ2) is 6.92. The van der Waals surface area contributed by atoms with E-state index >= 15 is 0 Å². The zero-order valence-corrected chi connectivity index (χ0v) is 15.3. The molecular weight excluding hydrogens is 360 g/mol. The lowest BCUT2D eigenvalue weighted by Gasteiger charge is -2.15. The first kappa shape index (κ1) is 17.9. The smallest absolute Gasteiger partial charge is 0.339 e. The average molecular weight is 378 g/mol. The van der Waals surface area contributed by atoms with Crippen molar-refractivity contribution in [2.24, 2.45) is 0 Å². The standard InChI is InChI=1S/C21H18N2O5/c1-28-17-9-7-16(8-10-17)23-20(26)19(25)22(21(23)27)12-18(24)15-6-5-13-3-2-4-14(13)11-15/h5-11H,2-4,12H2,1H3. The summed E-state index contributed by atoms with van der Waals surface area (Å²) in [5, 5.41) is 0. The third kappa shape index (κ3) is 2.94. The fraction of sp³-hybridized carbons (Fsp3) is 0.238. The summed E-state index contributed by atoms with van der Waals surface area (Å²) in [6.07, 6.45) is 2.97. The zero-order chi connectivity index (χ0) is 19.8. The van der Waals surface area contributed by atoms with E-state index in [2.05, 4.69) is 0 Å². The van der Waals surface area contributed by atoms with Gasteiger partial charge in [-0.1, -0.05) is 12.1 Å². The third-order valence-electron chi connectivity index (χ3n) is 5.11. The van der Waals surface area contributed by atoms with Gasteiger partial charge in [0.1, 0.15) is 5.75 Å². The fourth-order valence-electron chi connectivity index (χ4n) is 3.58. The lowest BCUT2D eigenvalue weighted by atomic mass is 10.0. The molecule has 0 unspecified atom stereocenters. The SMILES string of the molecule is COc1ccc(N2C(=O)C(=O)N(CC(=O)c3ccc4c(c3)CCC4)C2=O)cc1. The average Bonchev–Trinajstić information content (AvgIpc) is 3.26. The Balaban J connectivity index is 1.54. The minimum absolute atomic E-state index is 0.247. The normalized spacial score (nSPS) is 16.0. The number of anilines is 1. The molecule has 4 amide bonds. The monoisotopic (exact) mass is 378 g/mol. The molecule has 1 fully saturated rings. The largest absolute Gasteiger partial charge is 0.497 e. The summed E-state index contributed by atoms with van der Waals surface area (Å²) in [4.78, 5) is 51.4. The van der Waals surface area contributed by atoms with Crippen molar-refractivity contribution in [3.8, 4) is 5.75 Å². The number of nitrogens with zero attached hydrogens (tertiary/aromatic N) is 2. The van der Waals surface area contributed by atoms with E-state index in [1.165, 1.54) is 24.8 Å². The van der Waals surface area contributed by atoms with E-state index in [1.807, 2.05) is 12.1 Å². The van der Waals surface area contributed by atoms with E-state index in [4.69, 9.17) is 4.74 Å². The van der Waals surface area contributed by atoms with E-state index < -0.39 is 24.4 Å². The first-order valence-electron chi connectivity index (χ1n) is 8.98. The summed E-state index contributed by atoms with van der Waals surface area (Å²) in [6.45, 7) is -0.463. The predicted molar refractivity (Wildman–Crippen MR) is 100 cm³/mol. The number of ether oxygens (including phenoxy) is 1. The molecule has 142 valence electrons. The van der Waals surface area contributed by atoms with Crippen LogP contribution in [0.5, 0.6) is 5.75 Å². The van der Waals surface area contributed by atoms with Gasteiger partial charge in [-0.3, -0.25) is 14.4 Å². The lowest BCUT2D eigenvalue weighted by Crippen LogP contribution is -2.37. The molecule has 1 saturated heterocycles. The number of methoxy groups -OCH3 is 1. The molecule has 0 aromatic heterocycles. The van der Waals surface area contributed by atoms with E-state index in [-0.39, 0.29) is 11.5 Å². The van der Waals surface area contributed by atoms with Crippen LogP contribution < -0.4 is 9.64 Å². The van der Waals surface area contributed by atoms with Gasteiger partial charge in [0.2, 0.25) is 0 Å². The number of imide groups is 2. The first-order valence-corrected chi connectivity index (χ1v) is 8.98. The molecule has 0 N–H and O–H groups in total. The van der Waals surface area contributed by atoms with Crippen molar-refractivity contribution in [1.29, 1.82) is 0 Å². The number of hydrogen-bond donors (Lipinski definition) is 0. The molecule has 2 aromatic rings. The van der Waals surface area contributed by atoms with Crippen LogP contribution in [0.25, 0.3) is 0 Å². The lowest BCUT2D eigenvalue weighted by molar-refractivity contribution is -0.139. The molecule has 7 heteroatoms. The Morgan fingerprint density at radius 2 is 1.68 bits per heavy atom. The minimum atomic E-state index is -1.00. The Hall–Kier alpha value is -3.48. The quantitative estimate of drug-likeness (QED) is 0.453. The molecule has 0 saturated carbocycles. The van der Waals surface area contributed by atoms with Crippen LogP contribution >= 0.6 is 0 Å². The van der Waals surface area contributed by atoms with Crippen LogP contribution in [0.4, 0.5) is 10.5 Å². The van der Waals surface area contributed by atoms with Crippen LogP contribution in [0.1, 0.15) is 27.9 Å². The van der Waals surface area contributed by atoms with Crippen LogP contribution in [-0.2, 0) is 22.4 Å². The number of ketones is 1. The van der Waals surface area contributed by atoms with Crippen LogP contribution in [0, 0.1) is 0 Å². The van der Waals surface area contributed by atoms with Gasteiger partial charge in [-0.15, -0.1) is 0 Å². The summed E-state index contributed by atoms with van der Waals surface area (Å²) in [5.74, 6) is -1.80. The number of benzene rings is 2. The van der Waals surface area contributed by atoms with Crippen molar-refractivity contribution in [2.75, 3.05) is 18.6 Å². The summed E-state index contributed by atoms with van der Waals surface area (Å²) >= 11 is 0. The van der Waals surface area contributed by atoms with Crippen LogP contribution in [0.2, 0.25) is 0 Å². The van der Waals surface area contributed by atoms with Gasteiger partial charge >= 0.3 is 17.8 Å². The van der Waals surface area contributed by atoms with Gasteiger partial charge < -0.3 is 4.74 Å². The highest BCUT2D eigenvalue weighted by molar-refractivity contribution is 6.53. The first-order chi connectivity index (χ1) is 13.5. The second-order valence-electron chi connectivity index (χ2n) is 6.77.